The van der Waals surface area contributed by atoms with Crippen molar-refractivity contribution in [2.75, 3.05) is 25.7 Å². The minimum atomic E-state index is -0.433. The molecule has 150 valence electrons. The summed E-state index contributed by atoms with van der Waals surface area (Å²) in [6, 6.07) is 5.25. The number of amides is 2. The summed E-state index contributed by atoms with van der Waals surface area (Å²) in [5.41, 5.74) is 0.671. The van der Waals surface area contributed by atoms with Crippen molar-refractivity contribution >= 4 is 29.7 Å². The fourth-order valence-corrected chi connectivity index (χ4v) is 3.53. The fraction of sp³-hybridized carbons (Fsp3) is 0.444. The number of hydrogen-bond donors (Lipinski definition) is 2. The molecule has 0 radical (unpaired) electrons. The zero-order chi connectivity index (χ0) is 20.3. The second-order valence-corrected chi connectivity index (χ2v) is 6.74. The molecule has 1 atom stereocenters. The predicted octanol–water partition coefficient (Wildman–Crippen LogP) is 1.65. The molecule has 0 spiro atoms. The van der Waals surface area contributed by atoms with Gasteiger partial charge < -0.3 is 24.3 Å². The number of ether oxygens (including phenoxy) is 2. The van der Waals surface area contributed by atoms with Crippen molar-refractivity contribution in [1.82, 2.24) is 20.1 Å². The van der Waals surface area contributed by atoms with Gasteiger partial charge in [-0.2, -0.15) is 5.10 Å². The zero-order valence-electron chi connectivity index (χ0n) is 16.0. The summed E-state index contributed by atoms with van der Waals surface area (Å²) in [7, 11) is 3.09. The number of nitrogens with zero attached hydrogens (tertiary/aromatic N) is 3. The van der Waals surface area contributed by atoms with Crippen LogP contribution in [-0.2, 0) is 22.7 Å². The average Bonchev–Trinajstić information content (AvgIpc) is 3.27. The molecule has 1 unspecified atom stereocenters. The van der Waals surface area contributed by atoms with E-state index in [0.29, 0.717) is 40.9 Å². The second-order valence-electron chi connectivity index (χ2n) is 6.35. The SMILES string of the molecule is CCn1c(CNC(=O)C2CC(=O)N(c3ccc(OC)c(OC)c3)C2)n[nH]c1=S. The first-order valence-corrected chi connectivity index (χ1v) is 9.33. The number of carbonyl (C=O) groups is 2. The highest BCUT2D eigenvalue weighted by molar-refractivity contribution is 7.71. The van der Waals surface area contributed by atoms with E-state index in [1.807, 2.05) is 11.5 Å². The number of H-pyrrole nitrogens is 1. The molecule has 10 heteroatoms. The maximum absolute atomic E-state index is 12.6. The van der Waals surface area contributed by atoms with E-state index >= 15 is 0 Å². The maximum atomic E-state index is 12.6. The first kappa shape index (κ1) is 19.9. The predicted molar refractivity (Wildman–Crippen MR) is 105 cm³/mol. The lowest BCUT2D eigenvalue weighted by Crippen LogP contribution is -2.33. The summed E-state index contributed by atoms with van der Waals surface area (Å²) in [6.45, 7) is 3.17. The van der Waals surface area contributed by atoms with Crippen LogP contribution >= 0.6 is 12.2 Å². The molecule has 1 aromatic carbocycles. The van der Waals surface area contributed by atoms with Crippen LogP contribution in [0, 0.1) is 10.7 Å². The Morgan fingerprint density at radius 1 is 1.36 bits per heavy atom. The van der Waals surface area contributed by atoms with Gasteiger partial charge in [0.2, 0.25) is 11.8 Å². The van der Waals surface area contributed by atoms with Crippen LogP contribution in [-0.4, -0.2) is 47.3 Å². The molecule has 2 heterocycles. The number of aromatic amines is 1. The van der Waals surface area contributed by atoms with Crippen LogP contribution in [0.2, 0.25) is 0 Å². The van der Waals surface area contributed by atoms with Gasteiger partial charge in [0.05, 0.1) is 26.7 Å². The number of hydrogen-bond acceptors (Lipinski definition) is 6. The second kappa shape index (κ2) is 8.42. The molecular weight excluding hydrogens is 382 g/mol. The highest BCUT2D eigenvalue weighted by Gasteiger charge is 2.35. The summed E-state index contributed by atoms with van der Waals surface area (Å²) in [5.74, 6) is 1.04. The summed E-state index contributed by atoms with van der Waals surface area (Å²) in [5, 5.41) is 9.69. The Morgan fingerprint density at radius 3 is 2.79 bits per heavy atom. The molecule has 3 rings (SSSR count). The molecule has 1 saturated heterocycles. The number of methoxy groups -OCH3 is 2. The standard InChI is InChI=1S/C18H23N5O4S/c1-4-22-15(20-21-18(22)28)9-19-17(25)11-7-16(24)23(10-11)12-5-6-13(26-2)14(8-12)27-3/h5-6,8,11H,4,7,9-10H2,1-3H3,(H,19,25)(H,21,28). The molecule has 2 aromatic rings. The third-order valence-corrected chi connectivity index (χ3v) is 5.06. The van der Waals surface area contributed by atoms with Crippen LogP contribution in [0.1, 0.15) is 19.2 Å². The molecule has 28 heavy (non-hydrogen) atoms. The number of anilines is 1. The van der Waals surface area contributed by atoms with Gasteiger partial charge in [0.1, 0.15) is 0 Å². The number of aromatic nitrogens is 3. The van der Waals surface area contributed by atoms with Crippen LogP contribution in [0.25, 0.3) is 0 Å². The normalized spacial score (nSPS) is 16.3. The third-order valence-electron chi connectivity index (χ3n) is 4.75. The molecular formula is C18H23N5O4S. The minimum Gasteiger partial charge on any atom is -0.493 e. The maximum Gasteiger partial charge on any atom is 0.227 e. The average molecular weight is 405 g/mol. The van der Waals surface area contributed by atoms with Gasteiger partial charge in [-0.25, -0.2) is 0 Å². The Kier molecular flexibility index (Phi) is 5.98. The highest BCUT2D eigenvalue weighted by Crippen LogP contribution is 2.34. The van der Waals surface area contributed by atoms with E-state index in [9.17, 15) is 9.59 Å². The molecule has 9 nitrogen and oxygen atoms in total. The Morgan fingerprint density at radius 2 is 2.11 bits per heavy atom. The molecule has 1 aliphatic heterocycles. The lowest BCUT2D eigenvalue weighted by atomic mass is 10.1. The topological polar surface area (TPSA) is 101 Å². The summed E-state index contributed by atoms with van der Waals surface area (Å²) in [6.07, 6.45) is 0.154. The van der Waals surface area contributed by atoms with Gasteiger partial charge in [0.25, 0.3) is 0 Å². The molecule has 0 saturated carbocycles. The van der Waals surface area contributed by atoms with Gasteiger partial charge >= 0.3 is 0 Å². The Bertz CT molecular complexity index is 938. The molecule has 0 aliphatic carbocycles. The number of nitrogens with one attached hydrogen (secondary N) is 2. The van der Waals surface area contributed by atoms with Crippen LogP contribution in [0.15, 0.2) is 18.2 Å². The van der Waals surface area contributed by atoms with Crippen LogP contribution in [0.3, 0.4) is 0 Å². The van der Waals surface area contributed by atoms with E-state index < -0.39 is 5.92 Å². The van der Waals surface area contributed by atoms with Gasteiger partial charge in [-0.15, -0.1) is 0 Å². The molecule has 1 aromatic heterocycles. The third kappa shape index (κ3) is 3.86. The van der Waals surface area contributed by atoms with Crippen molar-refractivity contribution in [2.24, 2.45) is 5.92 Å². The summed E-state index contributed by atoms with van der Waals surface area (Å²) in [4.78, 5) is 26.6. The van der Waals surface area contributed by atoms with Crippen LogP contribution in [0.4, 0.5) is 5.69 Å². The Labute approximate surface area is 167 Å². The first-order valence-electron chi connectivity index (χ1n) is 8.92. The van der Waals surface area contributed by atoms with Crippen molar-refractivity contribution in [1.29, 1.82) is 0 Å². The lowest BCUT2D eigenvalue weighted by molar-refractivity contribution is -0.126. The monoisotopic (exact) mass is 405 g/mol. The van der Waals surface area contributed by atoms with E-state index in [1.165, 1.54) is 7.11 Å². The number of carbonyl (C=O) groups excluding carboxylic acids is 2. The van der Waals surface area contributed by atoms with E-state index in [1.54, 1.807) is 30.2 Å². The van der Waals surface area contributed by atoms with Crippen molar-refractivity contribution < 1.29 is 19.1 Å². The summed E-state index contributed by atoms with van der Waals surface area (Å²) >= 11 is 5.14. The van der Waals surface area contributed by atoms with Gasteiger partial charge in [0.15, 0.2) is 22.1 Å². The van der Waals surface area contributed by atoms with Gasteiger partial charge in [0, 0.05) is 31.3 Å². The van der Waals surface area contributed by atoms with Gasteiger partial charge in [-0.05, 0) is 31.3 Å². The minimum absolute atomic E-state index is 0.108. The Balaban J connectivity index is 1.66. The van der Waals surface area contributed by atoms with Crippen LogP contribution < -0.4 is 19.7 Å². The largest absolute Gasteiger partial charge is 0.493 e. The molecule has 1 aliphatic rings. The van der Waals surface area contributed by atoms with Gasteiger partial charge in [-0.1, -0.05) is 0 Å². The number of benzene rings is 1. The zero-order valence-corrected chi connectivity index (χ0v) is 16.8. The first-order chi connectivity index (χ1) is 13.5. The van der Waals surface area contributed by atoms with Gasteiger partial charge in [-0.3, -0.25) is 14.7 Å². The summed E-state index contributed by atoms with van der Waals surface area (Å²) < 4.78 is 12.8. The van der Waals surface area contributed by atoms with Crippen molar-refractivity contribution in [3.8, 4) is 11.5 Å². The Hall–Kier alpha value is -2.88. The lowest BCUT2D eigenvalue weighted by Gasteiger charge is -2.18. The van der Waals surface area contributed by atoms with Crippen molar-refractivity contribution in [2.45, 2.75) is 26.4 Å². The van der Waals surface area contributed by atoms with Crippen LogP contribution in [0.5, 0.6) is 11.5 Å². The van der Waals surface area contributed by atoms with Crippen molar-refractivity contribution in [3.05, 3.63) is 28.8 Å². The number of rotatable bonds is 7. The molecule has 2 N–H and O–H groups in total. The van der Waals surface area contributed by atoms with E-state index in [2.05, 4.69) is 15.5 Å². The fourth-order valence-electron chi connectivity index (χ4n) is 3.25. The molecule has 2 amide bonds. The van der Waals surface area contributed by atoms with E-state index in [-0.39, 0.29) is 24.8 Å². The van der Waals surface area contributed by atoms with Crippen molar-refractivity contribution in [3.63, 3.8) is 0 Å². The quantitative estimate of drug-likeness (QED) is 0.679. The van der Waals surface area contributed by atoms with E-state index in [0.717, 1.165) is 0 Å². The smallest absolute Gasteiger partial charge is 0.227 e. The molecule has 1 fully saturated rings. The highest BCUT2D eigenvalue weighted by atomic mass is 32.1. The van der Waals surface area contributed by atoms with E-state index in [4.69, 9.17) is 21.7 Å². The molecule has 0 bridgehead atoms.